The van der Waals surface area contributed by atoms with E-state index in [2.05, 4.69) is 10.3 Å². The number of hydrogen-bond acceptors (Lipinski definition) is 8. The Kier molecular flexibility index (Phi) is 10.4. The summed E-state index contributed by atoms with van der Waals surface area (Å²) in [6.07, 6.45) is 1.20. The quantitative estimate of drug-likeness (QED) is 0.378. The molecule has 2 N–H and O–H groups in total. The van der Waals surface area contributed by atoms with Crippen LogP contribution in [0.3, 0.4) is 0 Å². The van der Waals surface area contributed by atoms with Crippen LogP contribution in [0.1, 0.15) is 58.4 Å². The van der Waals surface area contributed by atoms with E-state index in [1.54, 1.807) is 37.8 Å². The summed E-state index contributed by atoms with van der Waals surface area (Å²) in [5, 5.41) is 12.0. The lowest BCUT2D eigenvalue weighted by atomic mass is 9.77. The summed E-state index contributed by atoms with van der Waals surface area (Å²) in [6, 6.07) is 8.11. The summed E-state index contributed by atoms with van der Waals surface area (Å²) in [4.78, 5) is 32.4. The number of sulfonamides is 1. The maximum absolute atomic E-state index is 15.6. The summed E-state index contributed by atoms with van der Waals surface area (Å²) in [5.41, 5.74) is -0.374. The molecule has 5 rings (SSSR count). The Morgan fingerprint density at radius 3 is 2.30 bits per heavy atom. The first kappa shape index (κ1) is 35.2. The number of carbonyl (C=O) groups excluding carboxylic acids is 2. The smallest absolute Gasteiger partial charge is 0.407 e. The second-order valence-electron chi connectivity index (χ2n) is 13.5. The highest BCUT2D eigenvalue weighted by Gasteiger charge is 2.44. The number of amides is 2. The summed E-state index contributed by atoms with van der Waals surface area (Å²) in [5.74, 6) is -3.85. The minimum Gasteiger partial charge on any atom is -0.444 e. The van der Waals surface area contributed by atoms with Crippen molar-refractivity contribution in [3.05, 3.63) is 47.1 Å². The molecule has 258 valence electrons. The number of nitrogens with one attached hydrogen (secondary N) is 1. The highest BCUT2D eigenvalue weighted by Crippen LogP contribution is 2.46. The third-order valence-corrected chi connectivity index (χ3v) is 11.1. The fraction of sp³-hybridized carbons (Fsp3) is 0.594. The second-order valence-corrected chi connectivity index (χ2v) is 15.8. The predicted molar refractivity (Wildman–Crippen MR) is 173 cm³/mol. The van der Waals surface area contributed by atoms with Crippen LogP contribution in [0.15, 0.2) is 41.3 Å². The van der Waals surface area contributed by atoms with Crippen molar-refractivity contribution in [1.29, 1.82) is 0 Å². The summed E-state index contributed by atoms with van der Waals surface area (Å²) in [7, 11) is -3.88. The maximum Gasteiger partial charge on any atom is 0.407 e. The van der Waals surface area contributed by atoms with Gasteiger partial charge in [0.2, 0.25) is 15.9 Å². The number of rotatable bonds is 8. The van der Waals surface area contributed by atoms with Crippen LogP contribution >= 0.6 is 11.6 Å². The zero-order valence-corrected chi connectivity index (χ0v) is 28.4. The van der Waals surface area contributed by atoms with Gasteiger partial charge in [-0.2, -0.15) is 4.31 Å². The van der Waals surface area contributed by atoms with Crippen molar-refractivity contribution in [3.63, 3.8) is 0 Å². The standard InChI is InChI=1S/C32H42ClF2N5O6S/c1-31(2,3)46-30(43)36-24-18-29(42)40(19-24)25-8-10-26(11-9-25)47(44,45)39-14-12-38(13-15-39)28-17-23(16-27(33)37-28)32(34,35)22-6-4-21(20-41)5-7-22/h8-11,16-17,21-22,24,41H,4-7,12-15,18-20H2,1-3H3,(H,36,43)/t21?,22?,24-/m1/s1. The number of piperazine rings is 1. The Hall–Kier alpha value is -3.07. The van der Waals surface area contributed by atoms with E-state index in [0.717, 1.165) is 0 Å². The number of ether oxygens (including phenoxy) is 1. The first-order chi connectivity index (χ1) is 22.1. The molecule has 3 aliphatic rings. The van der Waals surface area contributed by atoms with E-state index < -0.39 is 39.6 Å². The largest absolute Gasteiger partial charge is 0.444 e. The van der Waals surface area contributed by atoms with Crippen LogP contribution < -0.4 is 15.1 Å². The molecule has 3 heterocycles. The molecule has 1 aliphatic carbocycles. The molecule has 1 atom stereocenters. The lowest BCUT2D eigenvalue weighted by molar-refractivity contribution is -0.117. The first-order valence-corrected chi connectivity index (χ1v) is 17.7. The van der Waals surface area contributed by atoms with Gasteiger partial charge in [-0.3, -0.25) is 4.79 Å². The van der Waals surface area contributed by atoms with Crippen LogP contribution in [0.4, 0.5) is 25.1 Å². The molecule has 1 saturated carbocycles. The van der Waals surface area contributed by atoms with Gasteiger partial charge in [-0.05, 0) is 88.8 Å². The van der Waals surface area contributed by atoms with Crippen molar-refractivity contribution in [3.8, 4) is 0 Å². The first-order valence-electron chi connectivity index (χ1n) is 15.9. The molecule has 47 heavy (non-hydrogen) atoms. The normalized spacial score (nSPS) is 23.2. The summed E-state index contributed by atoms with van der Waals surface area (Å²) < 4.78 is 64.7. The number of aromatic nitrogens is 1. The number of benzene rings is 1. The lowest BCUT2D eigenvalue weighted by Gasteiger charge is -2.36. The molecular formula is C32H42ClF2N5O6S. The lowest BCUT2D eigenvalue weighted by Crippen LogP contribution is -2.49. The van der Waals surface area contributed by atoms with Crippen LogP contribution in [0.25, 0.3) is 0 Å². The number of alkyl halides is 2. The Morgan fingerprint density at radius 1 is 1.06 bits per heavy atom. The van der Waals surface area contributed by atoms with Gasteiger partial charge >= 0.3 is 6.09 Å². The third kappa shape index (κ3) is 8.15. The molecule has 0 radical (unpaired) electrons. The number of hydrogen-bond donors (Lipinski definition) is 2. The highest BCUT2D eigenvalue weighted by atomic mass is 35.5. The SMILES string of the molecule is CC(C)(C)OC(=O)N[C@@H]1CC(=O)N(c2ccc(S(=O)(=O)N3CCN(c4cc(C(F)(F)C5CCC(CO)CC5)cc(Cl)n4)CC3)cc2)C1. The second kappa shape index (κ2) is 13.8. The number of aliphatic hydroxyl groups excluding tert-OH is 1. The number of halogens is 3. The molecule has 2 saturated heterocycles. The number of anilines is 2. The van der Waals surface area contributed by atoms with Crippen LogP contribution in [-0.4, -0.2) is 85.8 Å². The molecule has 2 aliphatic heterocycles. The maximum atomic E-state index is 15.6. The van der Waals surface area contributed by atoms with Gasteiger partial charge < -0.3 is 25.0 Å². The van der Waals surface area contributed by atoms with Crippen molar-refractivity contribution in [2.75, 3.05) is 49.1 Å². The van der Waals surface area contributed by atoms with E-state index in [-0.39, 0.29) is 79.0 Å². The van der Waals surface area contributed by atoms with Crippen LogP contribution in [0.2, 0.25) is 5.15 Å². The molecule has 0 bridgehead atoms. The average molecular weight is 698 g/mol. The molecule has 1 aromatic carbocycles. The van der Waals surface area contributed by atoms with Crippen molar-refractivity contribution >= 4 is 45.1 Å². The molecule has 2 amide bonds. The molecule has 0 unspecified atom stereocenters. The van der Waals surface area contributed by atoms with Crippen LogP contribution in [-0.2, 0) is 25.5 Å². The van der Waals surface area contributed by atoms with Gasteiger partial charge in [0.05, 0.1) is 10.9 Å². The zero-order chi connectivity index (χ0) is 34.1. The summed E-state index contributed by atoms with van der Waals surface area (Å²) in [6.45, 7) is 6.15. The Bertz CT molecular complexity index is 1560. The molecule has 1 aromatic heterocycles. The number of aliphatic hydroxyl groups is 1. The fourth-order valence-corrected chi connectivity index (χ4v) is 8.04. The number of alkyl carbamates (subject to hydrolysis) is 1. The van der Waals surface area contributed by atoms with E-state index in [9.17, 15) is 23.1 Å². The number of pyridine rings is 1. The fourth-order valence-electron chi connectivity index (χ4n) is 6.41. The highest BCUT2D eigenvalue weighted by molar-refractivity contribution is 7.89. The van der Waals surface area contributed by atoms with Crippen LogP contribution in [0, 0.1) is 11.8 Å². The van der Waals surface area contributed by atoms with Gasteiger partial charge in [-0.15, -0.1) is 0 Å². The van der Waals surface area contributed by atoms with E-state index in [0.29, 0.717) is 31.4 Å². The molecule has 0 spiro atoms. The zero-order valence-electron chi connectivity index (χ0n) is 26.8. The monoisotopic (exact) mass is 697 g/mol. The van der Waals surface area contributed by atoms with Crippen molar-refractivity contribution in [2.24, 2.45) is 11.8 Å². The average Bonchev–Trinajstić information content (AvgIpc) is 3.39. The van der Waals surface area contributed by atoms with Gasteiger partial charge in [0.25, 0.3) is 5.92 Å². The Labute approximate surface area is 279 Å². The van der Waals surface area contributed by atoms with Gasteiger partial charge in [-0.25, -0.2) is 27.0 Å². The van der Waals surface area contributed by atoms with Crippen molar-refractivity contribution in [2.45, 2.75) is 75.3 Å². The Balaban J connectivity index is 1.20. The third-order valence-electron chi connectivity index (χ3n) is 8.98. The molecule has 15 heteroatoms. The Morgan fingerprint density at radius 2 is 1.70 bits per heavy atom. The van der Waals surface area contributed by atoms with Gasteiger partial charge in [-0.1, -0.05) is 11.6 Å². The van der Waals surface area contributed by atoms with Gasteiger partial charge in [0.1, 0.15) is 16.6 Å². The minimum absolute atomic E-state index is 0.00711. The van der Waals surface area contributed by atoms with Crippen molar-refractivity contribution in [1.82, 2.24) is 14.6 Å². The molecule has 2 aromatic rings. The predicted octanol–water partition coefficient (Wildman–Crippen LogP) is 4.77. The molecular weight excluding hydrogens is 656 g/mol. The topological polar surface area (TPSA) is 132 Å². The molecule has 11 nitrogen and oxygen atoms in total. The van der Waals surface area contributed by atoms with E-state index in [1.165, 1.54) is 33.5 Å². The molecule has 3 fully saturated rings. The van der Waals surface area contributed by atoms with E-state index in [4.69, 9.17) is 16.3 Å². The van der Waals surface area contributed by atoms with Gasteiger partial charge in [0.15, 0.2) is 0 Å². The van der Waals surface area contributed by atoms with E-state index in [1.807, 2.05) is 0 Å². The number of nitrogens with zero attached hydrogens (tertiary/aromatic N) is 4. The van der Waals surface area contributed by atoms with E-state index >= 15 is 8.78 Å². The summed E-state index contributed by atoms with van der Waals surface area (Å²) >= 11 is 6.20. The number of carbonyl (C=O) groups is 2. The van der Waals surface area contributed by atoms with Gasteiger partial charge in [0, 0.05) is 62.9 Å². The van der Waals surface area contributed by atoms with Crippen molar-refractivity contribution < 1.29 is 36.6 Å². The van der Waals surface area contributed by atoms with Crippen LogP contribution in [0.5, 0.6) is 0 Å². The minimum atomic E-state index is -3.88.